The third-order valence-electron chi connectivity index (χ3n) is 3.72. The van der Waals surface area contributed by atoms with Gasteiger partial charge in [-0.1, -0.05) is 0 Å². The molecule has 1 amide bonds. The van der Waals surface area contributed by atoms with Crippen molar-refractivity contribution in [3.8, 4) is 5.75 Å². The van der Waals surface area contributed by atoms with Crippen LogP contribution in [0.2, 0.25) is 0 Å². The number of carbonyl (C=O) groups excluding carboxylic acids is 1. The molecule has 1 aliphatic rings. The number of fused-ring (bicyclic) bond motifs is 1. The molecular formula is C15H15N5O2S. The molecule has 8 heteroatoms. The molecule has 1 aliphatic carbocycles. The van der Waals surface area contributed by atoms with E-state index in [1.165, 1.54) is 12.8 Å². The molecule has 2 heterocycles. The van der Waals surface area contributed by atoms with E-state index < -0.39 is 0 Å². The monoisotopic (exact) mass is 329 g/mol. The summed E-state index contributed by atoms with van der Waals surface area (Å²) in [6, 6.07) is 7.41. The summed E-state index contributed by atoms with van der Waals surface area (Å²) in [5.74, 6) is 1.04. The summed E-state index contributed by atoms with van der Waals surface area (Å²) >= 11 is 1.16. The van der Waals surface area contributed by atoms with Gasteiger partial charge >= 0.3 is 0 Å². The van der Waals surface area contributed by atoms with Crippen LogP contribution in [0.4, 0.5) is 0 Å². The van der Waals surface area contributed by atoms with Crippen LogP contribution in [0.1, 0.15) is 30.1 Å². The molecule has 7 nitrogen and oxygen atoms in total. The number of ether oxygens (including phenoxy) is 1. The first kappa shape index (κ1) is 14.1. The Morgan fingerprint density at radius 2 is 2.17 bits per heavy atom. The van der Waals surface area contributed by atoms with E-state index in [4.69, 9.17) is 4.74 Å². The topological polar surface area (TPSA) is 92.8 Å². The van der Waals surface area contributed by atoms with Crippen molar-refractivity contribution in [3.05, 3.63) is 35.7 Å². The lowest BCUT2D eigenvalue weighted by Gasteiger charge is -2.06. The highest BCUT2D eigenvalue weighted by Gasteiger charge is 2.25. The fourth-order valence-electron chi connectivity index (χ4n) is 2.30. The number of rotatable bonds is 6. The Bertz CT molecular complexity index is 839. The van der Waals surface area contributed by atoms with Crippen molar-refractivity contribution in [1.82, 2.24) is 24.3 Å². The van der Waals surface area contributed by atoms with Crippen LogP contribution in [0.3, 0.4) is 0 Å². The summed E-state index contributed by atoms with van der Waals surface area (Å²) in [4.78, 5) is 11.9. The predicted octanol–water partition coefficient (Wildman–Crippen LogP) is 1.99. The molecule has 0 radical (unpaired) electrons. The third-order valence-corrected chi connectivity index (χ3v) is 4.27. The standard InChI is InChI=1S/C15H15N5O2S/c21-15(16-7-10-5-13(18-17-10)9-1-2-9)8-22-11-3-4-12-14(6-11)20-23-19-12/h3-6,9H,1-2,7-8H2,(H,16,21)(H,17,18). The lowest BCUT2D eigenvalue weighted by molar-refractivity contribution is -0.123. The van der Waals surface area contributed by atoms with Gasteiger partial charge in [-0.15, -0.1) is 0 Å². The molecule has 0 spiro atoms. The second-order valence-corrected chi connectivity index (χ2v) is 6.10. The highest BCUT2D eigenvalue weighted by Crippen LogP contribution is 2.38. The smallest absolute Gasteiger partial charge is 0.258 e. The first-order valence-electron chi connectivity index (χ1n) is 7.44. The lowest BCUT2D eigenvalue weighted by atomic mass is 10.2. The zero-order valence-electron chi connectivity index (χ0n) is 12.3. The number of nitrogens with zero attached hydrogens (tertiary/aromatic N) is 3. The average Bonchev–Trinajstić information content (AvgIpc) is 3.12. The number of benzene rings is 1. The number of H-pyrrole nitrogens is 1. The number of hydrogen-bond donors (Lipinski definition) is 2. The van der Waals surface area contributed by atoms with Crippen LogP contribution in [-0.2, 0) is 11.3 Å². The Labute approximate surface area is 136 Å². The Morgan fingerprint density at radius 1 is 1.30 bits per heavy atom. The maximum absolute atomic E-state index is 11.9. The first-order chi connectivity index (χ1) is 11.3. The minimum absolute atomic E-state index is 0.0350. The Balaban J connectivity index is 1.27. The van der Waals surface area contributed by atoms with E-state index in [1.807, 2.05) is 12.1 Å². The van der Waals surface area contributed by atoms with Gasteiger partial charge in [0.25, 0.3) is 5.91 Å². The molecule has 0 unspecified atom stereocenters. The largest absolute Gasteiger partial charge is 0.484 e. The lowest BCUT2D eigenvalue weighted by Crippen LogP contribution is -2.28. The summed E-state index contributed by atoms with van der Waals surface area (Å²) < 4.78 is 13.8. The zero-order chi connectivity index (χ0) is 15.6. The van der Waals surface area contributed by atoms with Crippen molar-refractivity contribution in [2.24, 2.45) is 0 Å². The number of aromatic nitrogens is 4. The van der Waals surface area contributed by atoms with Gasteiger partial charge in [0.05, 0.1) is 29.7 Å². The fraction of sp³-hybridized carbons (Fsp3) is 0.333. The highest BCUT2D eigenvalue weighted by atomic mass is 32.1. The van der Waals surface area contributed by atoms with Crippen LogP contribution in [0.25, 0.3) is 11.0 Å². The van der Waals surface area contributed by atoms with Crippen LogP contribution in [0.15, 0.2) is 24.3 Å². The molecule has 0 aliphatic heterocycles. The van der Waals surface area contributed by atoms with E-state index in [2.05, 4.69) is 24.3 Å². The number of hydrogen-bond acceptors (Lipinski definition) is 6. The van der Waals surface area contributed by atoms with Gasteiger partial charge in [-0.3, -0.25) is 9.89 Å². The van der Waals surface area contributed by atoms with E-state index in [0.717, 1.165) is 34.1 Å². The fourth-order valence-corrected chi connectivity index (χ4v) is 2.82. The van der Waals surface area contributed by atoms with Gasteiger partial charge in [-0.05, 0) is 31.0 Å². The first-order valence-corrected chi connectivity index (χ1v) is 8.17. The maximum Gasteiger partial charge on any atom is 0.258 e. The minimum Gasteiger partial charge on any atom is -0.484 e. The Morgan fingerprint density at radius 3 is 3.04 bits per heavy atom. The Hall–Kier alpha value is -2.48. The van der Waals surface area contributed by atoms with Gasteiger partial charge in [-0.2, -0.15) is 13.8 Å². The molecule has 3 aromatic rings. The molecule has 23 heavy (non-hydrogen) atoms. The van der Waals surface area contributed by atoms with Crippen LogP contribution < -0.4 is 10.1 Å². The van der Waals surface area contributed by atoms with Gasteiger partial charge in [-0.25, -0.2) is 0 Å². The summed E-state index contributed by atoms with van der Waals surface area (Å²) in [7, 11) is 0. The quantitative estimate of drug-likeness (QED) is 0.721. The third kappa shape index (κ3) is 3.31. The number of nitrogens with one attached hydrogen (secondary N) is 2. The van der Waals surface area contributed by atoms with E-state index in [-0.39, 0.29) is 12.5 Å². The molecule has 0 bridgehead atoms. The summed E-state index contributed by atoms with van der Waals surface area (Å²) in [5, 5.41) is 10.0. The second kappa shape index (κ2) is 5.96. The molecule has 0 atom stereocenters. The Kier molecular flexibility index (Phi) is 3.66. The van der Waals surface area contributed by atoms with Crippen LogP contribution in [0, 0.1) is 0 Å². The van der Waals surface area contributed by atoms with Crippen LogP contribution in [-0.4, -0.2) is 31.5 Å². The predicted molar refractivity (Wildman–Crippen MR) is 85.3 cm³/mol. The summed E-state index contributed by atoms with van der Waals surface area (Å²) in [6.07, 6.45) is 2.42. The van der Waals surface area contributed by atoms with Crippen molar-refractivity contribution in [2.45, 2.75) is 25.3 Å². The van der Waals surface area contributed by atoms with Crippen molar-refractivity contribution in [3.63, 3.8) is 0 Å². The van der Waals surface area contributed by atoms with E-state index in [0.29, 0.717) is 18.2 Å². The van der Waals surface area contributed by atoms with Crippen molar-refractivity contribution in [1.29, 1.82) is 0 Å². The van der Waals surface area contributed by atoms with Gasteiger partial charge in [0.15, 0.2) is 6.61 Å². The molecule has 2 aromatic heterocycles. The zero-order valence-corrected chi connectivity index (χ0v) is 13.1. The van der Waals surface area contributed by atoms with Gasteiger partial charge in [0.1, 0.15) is 16.8 Å². The SMILES string of the molecule is O=C(COc1ccc2nsnc2c1)NCc1cc(C2CC2)n[nH]1. The van der Waals surface area contributed by atoms with E-state index in [9.17, 15) is 4.79 Å². The molecule has 4 rings (SSSR count). The molecule has 0 saturated heterocycles. The summed E-state index contributed by atoms with van der Waals surface area (Å²) in [5.41, 5.74) is 3.61. The van der Waals surface area contributed by atoms with Crippen molar-refractivity contribution < 1.29 is 9.53 Å². The molecule has 2 N–H and O–H groups in total. The minimum atomic E-state index is -0.177. The molecule has 1 saturated carbocycles. The molecule has 118 valence electrons. The molecule has 1 fully saturated rings. The highest BCUT2D eigenvalue weighted by molar-refractivity contribution is 7.00. The van der Waals surface area contributed by atoms with Gasteiger partial charge in [0.2, 0.25) is 0 Å². The van der Waals surface area contributed by atoms with E-state index >= 15 is 0 Å². The number of carbonyl (C=O) groups is 1. The maximum atomic E-state index is 11.9. The normalized spacial score (nSPS) is 14.1. The van der Waals surface area contributed by atoms with Crippen LogP contribution >= 0.6 is 11.7 Å². The van der Waals surface area contributed by atoms with Crippen molar-refractivity contribution >= 4 is 28.7 Å². The van der Waals surface area contributed by atoms with Gasteiger partial charge in [0, 0.05) is 12.0 Å². The van der Waals surface area contributed by atoms with Crippen molar-refractivity contribution in [2.75, 3.05) is 6.61 Å². The van der Waals surface area contributed by atoms with Gasteiger partial charge < -0.3 is 10.1 Å². The van der Waals surface area contributed by atoms with E-state index in [1.54, 1.807) is 12.1 Å². The average molecular weight is 329 g/mol. The summed E-state index contributed by atoms with van der Waals surface area (Å²) in [6.45, 7) is 0.393. The molecule has 1 aromatic carbocycles. The number of amides is 1. The molecular weight excluding hydrogens is 314 g/mol. The number of aromatic amines is 1. The van der Waals surface area contributed by atoms with Crippen LogP contribution in [0.5, 0.6) is 5.75 Å². The second-order valence-electron chi connectivity index (χ2n) is 5.57.